The normalized spacial score (nSPS) is 11.1. The molecule has 3 N–H and O–H groups in total. The SMILES string of the molecule is N=C(CCn1c(Cn2nnc3ccccc32)nc2ccccc21)N(CC(=O)O)CC(=O)O. The molecule has 0 saturated heterocycles. The Hall–Kier alpha value is -4.28. The average Bonchev–Trinajstić information content (AvgIpc) is 3.32. The predicted molar refractivity (Wildman–Crippen MR) is 116 cm³/mol. The number of rotatable bonds is 9. The molecule has 0 bridgehead atoms. The first-order valence-electron chi connectivity index (χ1n) is 9.90. The number of imidazole rings is 1. The van der Waals surface area contributed by atoms with Crippen LogP contribution in [0.3, 0.4) is 0 Å². The van der Waals surface area contributed by atoms with Crippen molar-refractivity contribution < 1.29 is 19.8 Å². The summed E-state index contributed by atoms with van der Waals surface area (Å²) >= 11 is 0. The van der Waals surface area contributed by atoms with Crippen molar-refractivity contribution >= 4 is 39.8 Å². The van der Waals surface area contributed by atoms with E-state index in [0.717, 1.165) is 27.0 Å². The number of hydrogen-bond acceptors (Lipinski definition) is 6. The fourth-order valence-corrected chi connectivity index (χ4v) is 3.61. The highest BCUT2D eigenvalue weighted by atomic mass is 16.4. The van der Waals surface area contributed by atoms with Gasteiger partial charge in [-0.1, -0.05) is 29.5 Å². The topological polar surface area (TPSA) is 150 Å². The third kappa shape index (κ3) is 4.41. The van der Waals surface area contributed by atoms with E-state index < -0.39 is 25.0 Å². The van der Waals surface area contributed by atoms with Gasteiger partial charge in [-0.2, -0.15) is 0 Å². The zero-order valence-corrected chi connectivity index (χ0v) is 17.0. The number of fused-ring (bicyclic) bond motifs is 2. The van der Waals surface area contributed by atoms with Gasteiger partial charge in [0.05, 0.1) is 22.4 Å². The van der Waals surface area contributed by atoms with Crippen molar-refractivity contribution in [1.29, 1.82) is 5.41 Å². The van der Waals surface area contributed by atoms with E-state index in [2.05, 4.69) is 10.3 Å². The van der Waals surface area contributed by atoms with E-state index in [0.29, 0.717) is 18.9 Å². The lowest BCUT2D eigenvalue weighted by atomic mass is 10.3. The number of carboxylic acid groups (broad SMARTS) is 2. The zero-order valence-electron chi connectivity index (χ0n) is 17.0. The molecule has 2 heterocycles. The van der Waals surface area contributed by atoms with E-state index in [1.807, 2.05) is 53.1 Å². The Labute approximate surface area is 182 Å². The van der Waals surface area contributed by atoms with E-state index in [1.54, 1.807) is 4.68 Å². The highest BCUT2D eigenvalue weighted by molar-refractivity contribution is 5.87. The number of nitrogens with zero attached hydrogens (tertiary/aromatic N) is 6. The Balaban J connectivity index is 1.61. The van der Waals surface area contributed by atoms with E-state index in [9.17, 15) is 9.59 Å². The van der Waals surface area contributed by atoms with Crippen LogP contribution in [0.2, 0.25) is 0 Å². The largest absolute Gasteiger partial charge is 0.480 e. The minimum Gasteiger partial charge on any atom is -0.480 e. The van der Waals surface area contributed by atoms with Gasteiger partial charge >= 0.3 is 11.9 Å². The van der Waals surface area contributed by atoms with Gasteiger partial charge in [0.1, 0.15) is 31.0 Å². The maximum Gasteiger partial charge on any atom is 0.323 e. The fraction of sp³-hybridized carbons (Fsp3) is 0.238. The number of hydrogen-bond donors (Lipinski definition) is 3. The maximum atomic E-state index is 11.1. The molecule has 0 aliphatic carbocycles. The van der Waals surface area contributed by atoms with Crippen LogP contribution >= 0.6 is 0 Å². The van der Waals surface area contributed by atoms with Gasteiger partial charge in [0.25, 0.3) is 0 Å². The Morgan fingerprint density at radius 2 is 1.56 bits per heavy atom. The molecule has 11 nitrogen and oxygen atoms in total. The van der Waals surface area contributed by atoms with Crippen LogP contribution in [-0.2, 0) is 22.7 Å². The van der Waals surface area contributed by atoms with Crippen molar-refractivity contribution in [3.05, 3.63) is 54.4 Å². The third-order valence-corrected chi connectivity index (χ3v) is 5.05. The molecule has 0 unspecified atom stereocenters. The fourth-order valence-electron chi connectivity index (χ4n) is 3.61. The predicted octanol–water partition coefficient (Wildman–Crippen LogP) is 1.67. The van der Waals surface area contributed by atoms with Crippen molar-refractivity contribution in [2.75, 3.05) is 13.1 Å². The summed E-state index contributed by atoms with van der Waals surface area (Å²) in [5.41, 5.74) is 3.29. The van der Waals surface area contributed by atoms with Crippen LogP contribution in [0.4, 0.5) is 0 Å². The van der Waals surface area contributed by atoms with E-state index in [1.165, 1.54) is 0 Å². The summed E-state index contributed by atoms with van der Waals surface area (Å²) in [5, 5.41) is 34.8. The summed E-state index contributed by atoms with van der Waals surface area (Å²) in [7, 11) is 0. The molecule has 11 heteroatoms. The Bertz CT molecular complexity index is 1290. The number of carbonyl (C=O) groups is 2. The lowest BCUT2D eigenvalue weighted by Crippen LogP contribution is -2.39. The van der Waals surface area contributed by atoms with E-state index >= 15 is 0 Å². The standard InChI is InChI=1S/C21H21N7O4/c22-18(26(12-20(29)30)13-21(31)32)9-10-27-16-7-3-1-5-14(16)23-19(27)11-28-17-8-4-2-6-15(17)24-25-28/h1-8,22H,9-13H2,(H,29,30)(H,31,32). The summed E-state index contributed by atoms with van der Waals surface area (Å²) in [6, 6.07) is 15.2. The smallest absolute Gasteiger partial charge is 0.323 e. The summed E-state index contributed by atoms with van der Waals surface area (Å²) in [6.07, 6.45) is 0.145. The summed E-state index contributed by atoms with van der Waals surface area (Å²) in [4.78, 5) is 27.9. The van der Waals surface area contributed by atoms with Crippen LogP contribution in [0.25, 0.3) is 22.1 Å². The van der Waals surface area contributed by atoms with E-state index in [-0.39, 0.29) is 12.3 Å². The molecule has 32 heavy (non-hydrogen) atoms. The number of carboxylic acids is 2. The number of amidine groups is 1. The minimum atomic E-state index is -1.19. The molecule has 2 aromatic carbocycles. The van der Waals surface area contributed by atoms with Crippen molar-refractivity contribution in [1.82, 2.24) is 29.4 Å². The molecule has 4 aromatic rings. The molecule has 0 aliphatic heterocycles. The van der Waals surface area contributed by atoms with Crippen LogP contribution in [-0.4, -0.2) is 70.5 Å². The maximum absolute atomic E-state index is 11.1. The molecule has 0 amide bonds. The first-order chi connectivity index (χ1) is 15.4. The van der Waals surface area contributed by atoms with Crippen molar-refractivity contribution in [3.63, 3.8) is 0 Å². The van der Waals surface area contributed by atoms with Gasteiger partial charge in [-0.25, -0.2) is 9.67 Å². The average molecular weight is 435 g/mol. The summed E-state index contributed by atoms with van der Waals surface area (Å²) in [5.74, 6) is -1.74. The Morgan fingerprint density at radius 3 is 2.25 bits per heavy atom. The van der Waals surface area contributed by atoms with Crippen LogP contribution in [0.1, 0.15) is 12.2 Å². The monoisotopic (exact) mass is 435 g/mol. The Morgan fingerprint density at radius 1 is 0.938 bits per heavy atom. The summed E-state index contributed by atoms with van der Waals surface area (Å²) in [6.45, 7) is -0.408. The molecule has 0 radical (unpaired) electrons. The highest BCUT2D eigenvalue weighted by Crippen LogP contribution is 2.19. The number of aromatic nitrogens is 5. The number of benzene rings is 2. The van der Waals surface area contributed by atoms with Crippen molar-refractivity contribution in [2.45, 2.75) is 19.5 Å². The first-order valence-corrected chi connectivity index (χ1v) is 9.90. The second-order valence-electron chi connectivity index (χ2n) is 7.24. The molecule has 0 fully saturated rings. The molecule has 0 aliphatic rings. The highest BCUT2D eigenvalue weighted by Gasteiger charge is 2.19. The number of aryl methyl sites for hydroxylation is 1. The first kappa shape index (κ1) is 21.0. The molecule has 2 aromatic heterocycles. The van der Waals surface area contributed by atoms with E-state index in [4.69, 9.17) is 20.6 Å². The molecular formula is C21H21N7O4. The minimum absolute atomic E-state index is 0.0651. The number of aliphatic carboxylic acids is 2. The van der Waals surface area contributed by atoms with Gasteiger partial charge < -0.3 is 19.7 Å². The third-order valence-electron chi connectivity index (χ3n) is 5.05. The van der Waals surface area contributed by atoms with Gasteiger partial charge in [0.2, 0.25) is 0 Å². The lowest BCUT2D eigenvalue weighted by Gasteiger charge is -2.21. The molecule has 4 rings (SSSR count). The van der Waals surface area contributed by atoms with Gasteiger partial charge in [-0.05, 0) is 24.3 Å². The summed E-state index contributed by atoms with van der Waals surface area (Å²) < 4.78 is 3.69. The van der Waals surface area contributed by atoms with Crippen LogP contribution < -0.4 is 0 Å². The Kier molecular flexibility index (Phi) is 5.79. The quantitative estimate of drug-likeness (QED) is 0.265. The van der Waals surface area contributed by atoms with Crippen molar-refractivity contribution in [2.24, 2.45) is 0 Å². The van der Waals surface area contributed by atoms with Gasteiger partial charge in [0.15, 0.2) is 0 Å². The molecular weight excluding hydrogens is 414 g/mol. The second kappa shape index (κ2) is 8.84. The van der Waals surface area contributed by atoms with Crippen LogP contribution in [0.5, 0.6) is 0 Å². The molecule has 0 atom stereocenters. The number of para-hydroxylation sites is 3. The molecule has 164 valence electrons. The second-order valence-corrected chi connectivity index (χ2v) is 7.24. The zero-order chi connectivity index (χ0) is 22.7. The number of nitrogens with one attached hydrogen (secondary N) is 1. The lowest BCUT2D eigenvalue weighted by molar-refractivity contribution is -0.140. The van der Waals surface area contributed by atoms with Gasteiger partial charge in [-0.3, -0.25) is 15.0 Å². The molecule has 0 spiro atoms. The van der Waals surface area contributed by atoms with Crippen LogP contribution in [0.15, 0.2) is 48.5 Å². The van der Waals surface area contributed by atoms with Gasteiger partial charge in [0, 0.05) is 13.0 Å². The molecule has 0 saturated carbocycles. The van der Waals surface area contributed by atoms with Crippen molar-refractivity contribution in [3.8, 4) is 0 Å². The van der Waals surface area contributed by atoms with Crippen LogP contribution in [0, 0.1) is 5.41 Å². The van der Waals surface area contributed by atoms with Gasteiger partial charge in [-0.15, -0.1) is 5.10 Å².